The van der Waals surface area contributed by atoms with Crippen LogP contribution in [0.4, 0.5) is 5.69 Å². The average Bonchev–Trinajstić information content (AvgIpc) is 2.75. The molecule has 0 amide bonds. The molecule has 1 atom stereocenters. The zero-order chi connectivity index (χ0) is 14.0. The summed E-state index contributed by atoms with van der Waals surface area (Å²) in [5, 5.41) is 4.93. The Morgan fingerprint density at radius 3 is 2.84 bits per heavy atom. The van der Waals surface area contributed by atoms with Gasteiger partial charge in [0.1, 0.15) is 10.00 Å². The molecule has 0 fully saturated rings. The number of nitrogens with zero attached hydrogens (tertiary/aromatic N) is 1. The van der Waals surface area contributed by atoms with Crippen molar-refractivity contribution < 1.29 is 0 Å². The minimum absolute atomic E-state index is 0.0743. The van der Waals surface area contributed by atoms with Crippen molar-refractivity contribution in [2.45, 2.75) is 19.9 Å². The van der Waals surface area contributed by atoms with Gasteiger partial charge in [-0.2, -0.15) is 0 Å². The largest absolute Gasteiger partial charge is 0.389 e. The number of thiazole rings is 1. The molecule has 0 aliphatic rings. The second kappa shape index (κ2) is 5.86. The average molecular weight is 312 g/mol. The number of aromatic nitrogens is 1. The van der Waals surface area contributed by atoms with Crippen LogP contribution in [-0.4, -0.2) is 9.97 Å². The van der Waals surface area contributed by atoms with Gasteiger partial charge in [-0.15, -0.1) is 11.3 Å². The van der Waals surface area contributed by atoms with Gasteiger partial charge in [0.05, 0.1) is 16.6 Å². The van der Waals surface area contributed by atoms with Crippen molar-refractivity contribution in [1.82, 2.24) is 4.98 Å². The zero-order valence-corrected chi connectivity index (χ0v) is 13.0. The number of rotatable bonds is 4. The van der Waals surface area contributed by atoms with E-state index in [1.807, 2.05) is 32.2 Å². The van der Waals surface area contributed by atoms with Crippen LogP contribution in [0, 0.1) is 6.92 Å². The van der Waals surface area contributed by atoms with Gasteiger partial charge in [-0.25, -0.2) is 4.98 Å². The minimum atomic E-state index is 0.0743. The van der Waals surface area contributed by atoms with Crippen molar-refractivity contribution in [2.24, 2.45) is 5.73 Å². The Hall–Kier alpha value is -1.17. The van der Waals surface area contributed by atoms with E-state index >= 15 is 0 Å². The van der Waals surface area contributed by atoms with Gasteiger partial charge in [0.25, 0.3) is 0 Å². The molecule has 1 aromatic heterocycles. The molecule has 2 rings (SSSR count). The maximum Gasteiger partial charge on any atom is 0.115 e. The third-order valence-corrected chi connectivity index (χ3v) is 4.26. The molecule has 1 heterocycles. The molecule has 6 heteroatoms. The fourth-order valence-electron chi connectivity index (χ4n) is 1.76. The van der Waals surface area contributed by atoms with E-state index in [1.54, 1.807) is 17.4 Å². The number of nitrogens with two attached hydrogens (primary N) is 1. The fourth-order valence-corrected chi connectivity index (χ4v) is 3.09. The second-order valence-corrected chi connectivity index (χ2v) is 6.32. The summed E-state index contributed by atoms with van der Waals surface area (Å²) in [6.07, 6.45) is 1.87. The van der Waals surface area contributed by atoms with Gasteiger partial charge >= 0.3 is 0 Å². The number of nitrogens with one attached hydrogen (secondary N) is 1. The number of thiocarbonyl (C=S) groups is 1. The van der Waals surface area contributed by atoms with Crippen LogP contribution in [0.25, 0.3) is 0 Å². The summed E-state index contributed by atoms with van der Waals surface area (Å²) in [5.74, 6) is 0. The van der Waals surface area contributed by atoms with Crippen molar-refractivity contribution >= 4 is 45.8 Å². The van der Waals surface area contributed by atoms with Gasteiger partial charge in [-0.05, 0) is 26.0 Å². The van der Waals surface area contributed by atoms with Crippen molar-refractivity contribution in [3.8, 4) is 0 Å². The van der Waals surface area contributed by atoms with Crippen molar-refractivity contribution in [3.63, 3.8) is 0 Å². The normalized spacial score (nSPS) is 12.2. The van der Waals surface area contributed by atoms with Crippen molar-refractivity contribution in [1.29, 1.82) is 0 Å². The van der Waals surface area contributed by atoms with Crippen molar-refractivity contribution in [3.05, 3.63) is 44.9 Å². The van der Waals surface area contributed by atoms with Crippen LogP contribution in [0.2, 0.25) is 5.02 Å². The van der Waals surface area contributed by atoms with E-state index in [4.69, 9.17) is 29.6 Å². The summed E-state index contributed by atoms with van der Waals surface area (Å²) in [4.78, 5) is 5.84. The molecule has 19 heavy (non-hydrogen) atoms. The van der Waals surface area contributed by atoms with Crippen LogP contribution >= 0.6 is 35.2 Å². The maximum absolute atomic E-state index is 6.14. The summed E-state index contributed by atoms with van der Waals surface area (Å²) in [6, 6.07) is 5.63. The first-order valence-corrected chi connectivity index (χ1v) is 7.36. The Bertz CT molecular complexity index is 610. The topological polar surface area (TPSA) is 50.9 Å². The third-order valence-electron chi connectivity index (χ3n) is 2.64. The zero-order valence-electron chi connectivity index (χ0n) is 10.6. The number of benzene rings is 1. The number of hydrogen-bond acceptors (Lipinski definition) is 4. The molecule has 1 aromatic carbocycles. The molecule has 0 aliphatic carbocycles. The molecule has 0 aliphatic heterocycles. The van der Waals surface area contributed by atoms with E-state index in [1.165, 1.54) is 4.88 Å². The maximum atomic E-state index is 6.14. The predicted octanol–water partition coefficient (Wildman–Crippen LogP) is 3.91. The van der Waals surface area contributed by atoms with E-state index in [9.17, 15) is 0 Å². The van der Waals surface area contributed by atoms with Gasteiger partial charge < -0.3 is 11.1 Å². The molecule has 0 saturated heterocycles. The fraction of sp³-hybridized carbons (Fsp3) is 0.231. The Balaban J connectivity index is 2.28. The van der Waals surface area contributed by atoms with Gasteiger partial charge in [-0.3, -0.25) is 0 Å². The summed E-state index contributed by atoms with van der Waals surface area (Å²) in [7, 11) is 0. The predicted molar refractivity (Wildman–Crippen MR) is 86.2 cm³/mol. The number of aryl methyl sites for hydroxylation is 1. The molecule has 100 valence electrons. The molecule has 0 radical (unpaired) electrons. The Morgan fingerprint density at radius 1 is 1.53 bits per heavy atom. The smallest absolute Gasteiger partial charge is 0.115 e. The molecule has 0 saturated carbocycles. The van der Waals surface area contributed by atoms with E-state index in [2.05, 4.69) is 10.3 Å². The lowest BCUT2D eigenvalue weighted by Gasteiger charge is -2.16. The van der Waals surface area contributed by atoms with Crippen LogP contribution in [0.3, 0.4) is 0 Å². The molecule has 0 bridgehead atoms. The molecule has 0 spiro atoms. The lowest BCUT2D eigenvalue weighted by atomic mass is 10.1. The quantitative estimate of drug-likeness (QED) is 0.841. The summed E-state index contributed by atoms with van der Waals surface area (Å²) in [5.41, 5.74) is 7.24. The first-order chi connectivity index (χ1) is 8.99. The number of halogens is 1. The van der Waals surface area contributed by atoms with Crippen LogP contribution in [0.5, 0.6) is 0 Å². The summed E-state index contributed by atoms with van der Waals surface area (Å²) < 4.78 is 0. The minimum Gasteiger partial charge on any atom is -0.389 e. The Kier molecular flexibility index (Phi) is 4.39. The van der Waals surface area contributed by atoms with Gasteiger partial charge in [-0.1, -0.05) is 29.9 Å². The molecule has 2 aromatic rings. The van der Waals surface area contributed by atoms with Crippen LogP contribution in [0.15, 0.2) is 24.4 Å². The summed E-state index contributed by atoms with van der Waals surface area (Å²) in [6.45, 7) is 4.08. The molecule has 1 unspecified atom stereocenters. The lowest BCUT2D eigenvalue weighted by Crippen LogP contribution is -2.15. The Labute approximate surface area is 126 Å². The SMILES string of the molecule is Cc1cnc(C(C)Nc2cccc(Cl)c2C(N)=S)s1. The second-order valence-electron chi connectivity index (χ2n) is 4.20. The first kappa shape index (κ1) is 14.2. The third kappa shape index (κ3) is 3.23. The van der Waals surface area contributed by atoms with E-state index < -0.39 is 0 Å². The van der Waals surface area contributed by atoms with E-state index in [0.717, 1.165) is 10.7 Å². The molecular weight excluding hydrogens is 298 g/mol. The van der Waals surface area contributed by atoms with Crippen molar-refractivity contribution in [2.75, 3.05) is 5.32 Å². The Morgan fingerprint density at radius 2 is 2.26 bits per heavy atom. The molecular formula is C13H14ClN3S2. The number of anilines is 1. The van der Waals surface area contributed by atoms with Gasteiger partial charge in [0, 0.05) is 16.8 Å². The highest BCUT2D eigenvalue weighted by atomic mass is 35.5. The lowest BCUT2D eigenvalue weighted by molar-refractivity contribution is 0.869. The standard InChI is InChI=1S/C13H14ClN3S2/c1-7-6-16-13(19-7)8(2)17-10-5-3-4-9(14)11(10)12(15)18/h3-6,8,17H,1-2H3,(H2,15,18). The van der Waals surface area contributed by atoms with Crippen LogP contribution in [0.1, 0.15) is 28.4 Å². The van der Waals surface area contributed by atoms with Crippen LogP contribution < -0.4 is 11.1 Å². The molecule has 3 nitrogen and oxygen atoms in total. The first-order valence-electron chi connectivity index (χ1n) is 5.76. The van der Waals surface area contributed by atoms with E-state index in [-0.39, 0.29) is 11.0 Å². The molecule has 3 N–H and O–H groups in total. The highest BCUT2D eigenvalue weighted by Gasteiger charge is 2.14. The monoisotopic (exact) mass is 311 g/mol. The summed E-state index contributed by atoms with van der Waals surface area (Å²) >= 11 is 12.9. The van der Waals surface area contributed by atoms with E-state index in [0.29, 0.717) is 10.6 Å². The highest BCUT2D eigenvalue weighted by molar-refractivity contribution is 7.80. The van der Waals surface area contributed by atoms with Gasteiger partial charge in [0.2, 0.25) is 0 Å². The highest BCUT2D eigenvalue weighted by Crippen LogP contribution is 2.29. The van der Waals surface area contributed by atoms with Crippen LogP contribution in [-0.2, 0) is 0 Å². The number of hydrogen-bond donors (Lipinski definition) is 2. The van der Waals surface area contributed by atoms with Gasteiger partial charge in [0.15, 0.2) is 0 Å².